The van der Waals surface area contributed by atoms with Gasteiger partial charge in [0.05, 0.1) is 17.6 Å². The van der Waals surface area contributed by atoms with Crippen molar-refractivity contribution < 1.29 is 5.11 Å². The Hall–Kier alpha value is -1.29. The molecular weight excluding hydrogens is 202 g/mol. The predicted octanol–water partition coefficient (Wildman–Crippen LogP) is 1.58. The van der Waals surface area contributed by atoms with Crippen LogP contribution in [-0.2, 0) is 0 Å². The Balaban J connectivity index is 2.74. The van der Waals surface area contributed by atoms with E-state index in [0.717, 1.165) is 17.9 Å². The fourth-order valence-electron chi connectivity index (χ4n) is 1.30. The molecule has 0 saturated heterocycles. The number of aliphatic hydroxyl groups is 1. The van der Waals surface area contributed by atoms with Gasteiger partial charge in [0, 0.05) is 38.9 Å². The molecule has 1 heterocycles. The summed E-state index contributed by atoms with van der Waals surface area (Å²) in [5, 5.41) is 12.5. The van der Waals surface area contributed by atoms with E-state index in [1.54, 1.807) is 6.20 Å². The number of anilines is 2. The highest BCUT2D eigenvalue weighted by atomic mass is 16.3. The molecule has 90 valence electrons. The van der Waals surface area contributed by atoms with Crippen molar-refractivity contribution >= 4 is 11.4 Å². The summed E-state index contributed by atoms with van der Waals surface area (Å²) in [6, 6.07) is 1.97. The van der Waals surface area contributed by atoms with Crippen molar-refractivity contribution in [3.05, 3.63) is 18.5 Å². The quantitative estimate of drug-likeness (QED) is 0.795. The lowest BCUT2D eigenvalue weighted by Gasteiger charge is -2.24. The Labute approximate surface area is 97.3 Å². The van der Waals surface area contributed by atoms with Gasteiger partial charge in [-0.25, -0.2) is 0 Å². The Morgan fingerprint density at radius 3 is 2.69 bits per heavy atom. The molecule has 0 unspecified atom stereocenters. The van der Waals surface area contributed by atoms with E-state index in [1.807, 2.05) is 45.1 Å². The monoisotopic (exact) mass is 223 g/mol. The molecule has 1 aromatic heterocycles. The fourth-order valence-corrected chi connectivity index (χ4v) is 1.30. The van der Waals surface area contributed by atoms with Crippen LogP contribution in [0, 0.1) is 5.41 Å². The molecule has 0 aliphatic rings. The smallest absolute Gasteiger partial charge is 0.0764 e. The molecule has 0 aromatic carbocycles. The lowest BCUT2D eigenvalue weighted by Crippen LogP contribution is -2.27. The minimum atomic E-state index is -0.126. The molecule has 2 N–H and O–H groups in total. The second-order valence-corrected chi connectivity index (χ2v) is 4.96. The van der Waals surface area contributed by atoms with E-state index in [0.29, 0.717) is 0 Å². The first-order valence-corrected chi connectivity index (χ1v) is 5.42. The van der Waals surface area contributed by atoms with Crippen LogP contribution in [0.4, 0.5) is 11.4 Å². The van der Waals surface area contributed by atoms with Crippen LogP contribution < -0.4 is 10.2 Å². The zero-order valence-corrected chi connectivity index (χ0v) is 10.5. The molecular formula is C12H21N3O. The first kappa shape index (κ1) is 12.8. The second-order valence-electron chi connectivity index (χ2n) is 4.96. The summed E-state index contributed by atoms with van der Waals surface area (Å²) in [7, 11) is 4.00. The number of aliphatic hydroxyl groups excluding tert-OH is 1. The van der Waals surface area contributed by atoms with Crippen LogP contribution in [0.5, 0.6) is 0 Å². The first-order valence-electron chi connectivity index (χ1n) is 5.42. The zero-order chi connectivity index (χ0) is 12.2. The van der Waals surface area contributed by atoms with Gasteiger partial charge in [0.1, 0.15) is 0 Å². The third-order valence-electron chi connectivity index (χ3n) is 2.47. The van der Waals surface area contributed by atoms with E-state index in [1.165, 1.54) is 0 Å². The third-order valence-corrected chi connectivity index (χ3v) is 2.47. The van der Waals surface area contributed by atoms with Gasteiger partial charge in [0.15, 0.2) is 0 Å². The standard InChI is InChI=1S/C12H21N3O/c1-12(2,9-16)8-14-10-7-13-6-5-11(10)15(3)4/h5-7,14,16H,8-9H2,1-4H3. The minimum Gasteiger partial charge on any atom is -0.396 e. The number of hydrogen-bond acceptors (Lipinski definition) is 4. The molecule has 0 amide bonds. The predicted molar refractivity (Wildman–Crippen MR) is 67.9 cm³/mol. The van der Waals surface area contributed by atoms with E-state index in [4.69, 9.17) is 0 Å². The Kier molecular flexibility index (Phi) is 4.12. The van der Waals surface area contributed by atoms with E-state index in [9.17, 15) is 5.11 Å². The number of rotatable bonds is 5. The van der Waals surface area contributed by atoms with Crippen LogP contribution in [-0.4, -0.2) is 37.3 Å². The van der Waals surface area contributed by atoms with Crippen LogP contribution in [0.2, 0.25) is 0 Å². The van der Waals surface area contributed by atoms with Crippen molar-refractivity contribution in [3.63, 3.8) is 0 Å². The average Bonchev–Trinajstić information content (AvgIpc) is 2.27. The molecule has 0 aliphatic heterocycles. The zero-order valence-electron chi connectivity index (χ0n) is 10.5. The van der Waals surface area contributed by atoms with Crippen molar-refractivity contribution in [1.82, 2.24) is 4.98 Å². The summed E-state index contributed by atoms with van der Waals surface area (Å²) >= 11 is 0. The topological polar surface area (TPSA) is 48.4 Å². The van der Waals surface area contributed by atoms with Crippen LogP contribution in [0.1, 0.15) is 13.8 Å². The maximum atomic E-state index is 9.18. The van der Waals surface area contributed by atoms with Crippen molar-refractivity contribution in [3.8, 4) is 0 Å². The summed E-state index contributed by atoms with van der Waals surface area (Å²) in [6.07, 6.45) is 3.58. The van der Waals surface area contributed by atoms with Crippen LogP contribution >= 0.6 is 0 Å². The Morgan fingerprint density at radius 1 is 1.44 bits per heavy atom. The number of aromatic nitrogens is 1. The molecule has 0 bridgehead atoms. The van der Waals surface area contributed by atoms with Crippen LogP contribution in [0.15, 0.2) is 18.5 Å². The fraction of sp³-hybridized carbons (Fsp3) is 0.583. The first-order chi connectivity index (χ1) is 7.46. The van der Waals surface area contributed by atoms with E-state index in [2.05, 4.69) is 10.3 Å². The summed E-state index contributed by atoms with van der Waals surface area (Å²) in [6.45, 7) is 4.92. The van der Waals surface area contributed by atoms with Gasteiger partial charge in [-0.15, -0.1) is 0 Å². The van der Waals surface area contributed by atoms with Gasteiger partial charge < -0.3 is 15.3 Å². The maximum absolute atomic E-state index is 9.18. The molecule has 0 saturated carbocycles. The van der Waals surface area contributed by atoms with E-state index < -0.39 is 0 Å². The Bertz CT molecular complexity index is 337. The van der Waals surface area contributed by atoms with Gasteiger partial charge in [-0.2, -0.15) is 0 Å². The summed E-state index contributed by atoms with van der Waals surface area (Å²) in [4.78, 5) is 6.14. The van der Waals surface area contributed by atoms with Crippen molar-refractivity contribution in [1.29, 1.82) is 0 Å². The van der Waals surface area contributed by atoms with Crippen molar-refractivity contribution in [2.24, 2.45) is 5.41 Å². The second kappa shape index (κ2) is 5.16. The van der Waals surface area contributed by atoms with E-state index >= 15 is 0 Å². The summed E-state index contributed by atoms with van der Waals surface area (Å²) < 4.78 is 0. The van der Waals surface area contributed by atoms with Gasteiger partial charge in [0.25, 0.3) is 0 Å². The molecule has 16 heavy (non-hydrogen) atoms. The molecule has 4 heteroatoms. The molecule has 1 rings (SSSR count). The number of pyridine rings is 1. The lowest BCUT2D eigenvalue weighted by atomic mass is 9.95. The molecule has 0 atom stereocenters. The maximum Gasteiger partial charge on any atom is 0.0764 e. The molecule has 0 radical (unpaired) electrons. The average molecular weight is 223 g/mol. The van der Waals surface area contributed by atoms with E-state index in [-0.39, 0.29) is 12.0 Å². The molecule has 0 fully saturated rings. The van der Waals surface area contributed by atoms with Crippen molar-refractivity contribution in [2.75, 3.05) is 37.5 Å². The highest BCUT2D eigenvalue weighted by Gasteiger charge is 2.16. The number of hydrogen-bond donors (Lipinski definition) is 2. The number of nitrogens with zero attached hydrogens (tertiary/aromatic N) is 2. The van der Waals surface area contributed by atoms with Crippen LogP contribution in [0.3, 0.4) is 0 Å². The normalized spacial score (nSPS) is 11.3. The minimum absolute atomic E-state index is 0.126. The molecule has 4 nitrogen and oxygen atoms in total. The molecule has 0 aliphatic carbocycles. The van der Waals surface area contributed by atoms with Gasteiger partial charge in [-0.05, 0) is 6.07 Å². The molecule has 0 spiro atoms. The van der Waals surface area contributed by atoms with Gasteiger partial charge in [-0.1, -0.05) is 13.8 Å². The molecule has 1 aromatic rings. The van der Waals surface area contributed by atoms with Crippen LogP contribution in [0.25, 0.3) is 0 Å². The summed E-state index contributed by atoms with van der Waals surface area (Å²) in [5.74, 6) is 0. The highest BCUT2D eigenvalue weighted by molar-refractivity contribution is 5.68. The largest absolute Gasteiger partial charge is 0.396 e. The Morgan fingerprint density at radius 2 is 2.12 bits per heavy atom. The lowest BCUT2D eigenvalue weighted by molar-refractivity contribution is 0.171. The summed E-state index contributed by atoms with van der Waals surface area (Å²) in [5.41, 5.74) is 1.97. The van der Waals surface area contributed by atoms with Gasteiger partial charge >= 0.3 is 0 Å². The van der Waals surface area contributed by atoms with Crippen molar-refractivity contribution in [2.45, 2.75) is 13.8 Å². The van der Waals surface area contributed by atoms with Gasteiger partial charge in [-0.3, -0.25) is 4.98 Å². The van der Waals surface area contributed by atoms with Gasteiger partial charge in [0.2, 0.25) is 0 Å². The SMILES string of the molecule is CN(C)c1ccncc1NCC(C)(C)CO. The third kappa shape index (κ3) is 3.38. The number of nitrogens with one attached hydrogen (secondary N) is 1. The highest BCUT2D eigenvalue weighted by Crippen LogP contribution is 2.24.